The number of nitrogens with zero attached hydrogens (tertiary/aromatic N) is 1. The maximum absolute atomic E-state index is 9.36. The van der Waals surface area contributed by atoms with Gasteiger partial charge in [0.05, 0.1) is 11.8 Å². The molecule has 1 aromatic rings. The summed E-state index contributed by atoms with van der Waals surface area (Å²) in [6.07, 6.45) is 6.35. The van der Waals surface area contributed by atoms with Crippen molar-refractivity contribution in [3.05, 3.63) is 29.1 Å². The molecule has 0 bridgehead atoms. The van der Waals surface area contributed by atoms with Gasteiger partial charge < -0.3 is 5.11 Å². The first-order chi connectivity index (χ1) is 6.27. The molecule has 1 unspecified atom stereocenters. The van der Waals surface area contributed by atoms with Crippen molar-refractivity contribution < 1.29 is 5.11 Å². The molecule has 1 aliphatic rings. The summed E-state index contributed by atoms with van der Waals surface area (Å²) in [4.78, 5) is 4.24. The van der Waals surface area contributed by atoms with E-state index in [9.17, 15) is 5.11 Å². The van der Waals surface area contributed by atoms with Crippen LogP contribution in [0.25, 0.3) is 0 Å². The normalized spacial score (nSPS) is 18.0. The maximum atomic E-state index is 9.36. The molecular weight excluding hydrogens is 162 g/mol. The van der Waals surface area contributed by atoms with Gasteiger partial charge in [-0.05, 0) is 49.8 Å². The van der Waals surface area contributed by atoms with E-state index in [2.05, 4.69) is 11.1 Å². The van der Waals surface area contributed by atoms with E-state index in [0.717, 1.165) is 18.5 Å². The number of hydrogen-bond donors (Lipinski definition) is 1. The van der Waals surface area contributed by atoms with Gasteiger partial charge in [-0.15, -0.1) is 0 Å². The summed E-state index contributed by atoms with van der Waals surface area (Å²) >= 11 is 0. The minimum atomic E-state index is -0.438. The molecule has 1 atom stereocenters. The molecule has 0 saturated carbocycles. The third-order valence-electron chi connectivity index (χ3n) is 2.67. The van der Waals surface area contributed by atoms with Gasteiger partial charge >= 0.3 is 0 Å². The van der Waals surface area contributed by atoms with Gasteiger partial charge in [-0.1, -0.05) is 0 Å². The summed E-state index contributed by atoms with van der Waals surface area (Å²) in [5, 5.41) is 9.36. The largest absolute Gasteiger partial charge is 0.387 e. The fraction of sp³-hybridized carbons (Fsp3) is 0.545. The highest BCUT2D eigenvalue weighted by Crippen LogP contribution is 2.22. The van der Waals surface area contributed by atoms with E-state index in [-0.39, 0.29) is 0 Å². The van der Waals surface area contributed by atoms with Crippen molar-refractivity contribution in [2.45, 2.75) is 38.7 Å². The number of fused-ring (bicyclic) bond motifs is 1. The van der Waals surface area contributed by atoms with Gasteiger partial charge in [0.1, 0.15) is 0 Å². The SMILES string of the molecule is CC(O)c1cc2c(cn1)CCCC2. The Morgan fingerprint density at radius 2 is 2.00 bits per heavy atom. The first kappa shape index (κ1) is 8.70. The molecule has 1 N–H and O–H groups in total. The predicted octanol–water partition coefficient (Wildman–Crippen LogP) is 2.01. The average Bonchev–Trinajstić information content (AvgIpc) is 2.17. The lowest BCUT2D eigenvalue weighted by Crippen LogP contribution is -2.06. The van der Waals surface area contributed by atoms with Crippen LogP contribution in [0.4, 0.5) is 0 Å². The van der Waals surface area contributed by atoms with Gasteiger partial charge in [0, 0.05) is 6.20 Å². The fourth-order valence-corrected chi connectivity index (χ4v) is 1.86. The van der Waals surface area contributed by atoms with Crippen LogP contribution in [0.1, 0.15) is 42.7 Å². The molecule has 2 rings (SSSR count). The van der Waals surface area contributed by atoms with Crippen molar-refractivity contribution in [2.75, 3.05) is 0 Å². The van der Waals surface area contributed by atoms with Gasteiger partial charge in [0.25, 0.3) is 0 Å². The fourth-order valence-electron chi connectivity index (χ4n) is 1.86. The Morgan fingerprint density at radius 3 is 2.69 bits per heavy atom. The molecular formula is C11H15NO. The van der Waals surface area contributed by atoms with Gasteiger partial charge in [0.2, 0.25) is 0 Å². The number of aliphatic hydroxyl groups excluding tert-OH is 1. The Kier molecular flexibility index (Phi) is 2.32. The van der Waals surface area contributed by atoms with Crippen molar-refractivity contribution in [1.82, 2.24) is 4.98 Å². The number of pyridine rings is 1. The molecule has 1 aliphatic carbocycles. The van der Waals surface area contributed by atoms with Crippen LogP contribution in [0, 0.1) is 0 Å². The zero-order chi connectivity index (χ0) is 9.26. The van der Waals surface area contributed by atoms with Crippen molar-refractivity contribution in [1.29, 1.82) is 0 Å². The van der Waals surface area contributed by atoms with Gasteiger partial charge in [-0.2, -0.15) is 0 Å². The number of aryl methyl sites for hydroxylation is 2. The molecule has 70 valence electrons. The topological polar surface area (TPSA) is 33.1 Å². The monoisotopic (exact) mass is 177 g/mol. The van der Waals surface area contributed by atoms with E-state index < -0.39 is 6.10 Å². The van der Waals surface area contributed by atoms with Gasteiger partial charge in [-0.25, -0.2) is 0 Å². The Morgan fingerprint density at radius 1 is 1.31 bits per heavy atom. The molecule has 2 heteroatoms. The molecule has 1 aromatic heterocycles. The van der Waals surface area contributed by atoms with E-state index in [1.165, 1.54) is 24.0 Å². The summed E-state index contributed by atoms with van der Waals surface area (Å²) in [5.41, 5.74) is 3.56. The minimum absolute atomic E-state index is 0.438. The molecule has 0 radical (unpaired) electrons. The lowest BCUT2D eigenvalue weighted by Gasteiger charge is -2.16. The van der Waals surface area contributed by atoms with Crippen LogP contribution in [0.15, 0.2) is 12.3 Å². The van der Waals surface area contributed by atoms with Crippen LogP contribution in [0.3, 0.4) is 0 Å². The molecule has 1 heterocycles. The summed E-state index contributed by atoms with van der Waals surface area (Å²) in [6, 6.07) is 2.05. The highest BCUT2D eigenvalue weighted by atomic mass is 16.3. The molecule has 0 amide bonds. The van der Waals surface area contributed by atoms with Crippen LogP contribution in [-0.4, -0.2) is 10.1 Å². The average molecular weight is 177 g/mol. The lowest BCUT2D eigenvalue weighted by atomic mass is 9.92. The third-order valence-corrected chi connectivity index (χ3v) is 2.67. The Hall–Kier alpha value is -0.890. The molecule has 0 spiro atoms. The van der Waals surface area contributed by atoms with Crippen molar-refractivity contribution >= 4 is 0 Å². The zero-order valence-electron chi connectivity index (χ0n) is 7.95. The minimum Gasteiger partial charge on any atom is -0.387 e. The lowest BCUT2D eigenvalue weighted by molar-refractivity contribution is 0.194. The molecule has 0 fully saturated rings. The number of aromatic nitrogens is 1. The van der Waals surface area contributed by atoms with E-state index >= 15 is 0 Å². The van der Waals surface area contributed by atoms with E-state index in [1.54, 1.807) is 6.92 Å². The summed E-state index contributed by atoms with van der Waals surface area (Å²) in [5.74, 6) is 0. The highest BCUT2D eigenvalue weighted by Gasteiger charge is 2.11. The molecule has 0 saturated heterocycles. The van der Waals surface area contributed by atoms with E-state index in [0.29, 0.717) is 0 Å². The van der Waals surface area contributed by atoms with Crippen molar-refractivity contribution in [2.24, 2.45) is 0 Å². The van der Waals surface area contributed by atoms with Gasteiger partial charge in [0.15, 0.2) is 0 Å². The molecule has 0 aliphatic heterocycles. The Bertz CT molecular complexity index is 307. The van der Waals surface area contributed by atoms with Crippen LogP contribution in [-0.2, 0) is 12.8 Å². The van der Waals surface area contributed by atoms with Crippen molar-refractivity contribution in [3.63, 3.8) is 0 Å². The summed E-state index contributed by atoms with van der Waals surface area (Å²) in [7, 11) is 0. The zero-order valence-corrected chi connectivity index (χ0v) is 7.95. The second-order valence-corrected chi connectivity index (χ2v) is 3.76. The molecule has 0 aromatic carbocycles. The summed E-state index contributed by atoms with van der Waals surface area (Å²) < 4.78 is 0. The first-order valence-corrected chi connectivity index (χ1v) is 4.93. The highest BCUT2D eigenvalue weighted by molar-refractivity contribution is 5.29. The van der Waals surface area contributed by atoms with E-state index in [4.69, 9.17) is 0 Å². The second kappa shape index (κ2) is 3.46. The summed E-state index contributed by atoms with van der Waals surface area (Å²) in [6.45, 7) is 1.76. The van der Waals surface area contributed by atoms with Crippen LogP contribution < -0.4 is 0 Å². The number of rotatable bonds is 1. The van der Waals surface area contributed by atoms with Crippen molar-refractivity contribution in [3.8, 4) is 0 Å². The maximum Gasteiger partial charge on any atom is 0.0931 e. The first-order valence-electron chi connectivity index (χ1n) is 4.93. The number of hydrogen-bond acceptors (Lipinski definition) is 2. The van der Waals surface area contributed by atoms with E-state index in [1.807, 2.05) is 6.20 Å². The molecule has 13 heavy (non-hydrogen) atoms. The Balaban J connectivity index is 2.35. The quantitative estimate of drug-likeness (QED) is 0.711. The number of aliphatic hydroxyl groups is 1. The predicted molar refractivity (Wildman–Crippen MR) is 51.5 cm³/mol. The van der Waals surface area contributed by atoms with Crippen LogP contribution >= 0.6 is 0 Å². The van der Waals surface area contributed by atoms with Crippen LogP contribution in [0.2, 0.25) is 0 Å². The molecule has 2 nitrogen and oxygen atoms in total. The van der Waals surface area contributed by atoms with Gasteiger partial charge in [-0.3, -0.25) is 4.98 Å². The Labute approximate surface area is 78.6 Å². The smallest absolute Gasteiger partial charge is 0.0931 e. The standard InChI is InChI=1S/C11H15NO/c1-8(13)11-6-9-4-2-3-5-10(9)7-12-11/h6-8,13H,2-5H2,1H3. The van der Waals surface area contributed by atoms with Crippen LogP contribution in [0.5, 0.6) is 0 Å². The second-order valence-electron chi connectivity index (χ2n) is 3.76. The third kappa shape index (κ3) is 1.73.